The fourth-order valence-electron chi connectivity index (χ4n) is 1.26. The van der Waals surface area contributed by atoms with E-state index in [0.29, 0.717) is 9.35 Å². The lowest BCUT2D eigenvalue weighted by Crippen LogP contribution is -2.01. The fourth-order valence-corrected chi connectivity index (χ4v) is 3.61. The van der Waals surface area contributed by atoms with Crippen LogP contribution in [0.25, 0.3) is 0 Å². The van der Waals surface area contributed by atoms with Gasteiger partial charge in [-0.3, -0.25) is 4.79 Å². The first-order valence-electron chi connectivity index (χ1n) is 4.43. The third-order valence-corrected chi connectivity index (χ3v) is 5.79. The molecule has 0 spiro atoms. The molecule has 0 saturated heterocycles. The first kappa shape index (κ1) is 13.4. The molecule has 0 fully saturated rings. The molecule has 0 saturated carbocycles. The van der Waals surface area contributed by atoms with Gasteiger partial charge >= 0.3 is 0 Å². The Kier molecular flexibility index (Phi) is 4.18. The zero-order valence-electron chi connectivity index (χ0n) is 8.14. The Balaban J connectivity index is 2.47. The molecule has 1 nitrogen and oxygen atoms in total. The maximum absolute atomic E-state index is 13.6. The van der Waals surface area contributed by atoms with E-state index in [1.807, 2.05) is 0 Å². The van der Waals surface area contributed by atoms with E-state index in [1.165, 1.54) is 23.5 Å². The topological polar surface area (TPSA) is 17.1 Å². The molecular weight excluding hydrogens is 439 g/mol. The summed E-state index contributed by atoms with van der Waals surface area (Å²) in [7, 11) is 0. The van der Waals surface area contributed by atoms with Gasteiger partial charge in [0, 0.05) is 8.95 Å². The SMILES string of the molecule is O=C(c1cc(Br)c(Br)s1)c1cc(Br)ccc1F. The van der Waals surface area contributed by atoms with Crippen LogP contribution in [0.2, 0.25) is 0 Å². The Labute approximate surface area is 126 Å². The lowest BCUT2D eigenvalue weighted by molar-refractivity contribution is 0.103. The maximum Gasteiger partial charge on any atom is 0.206 e. The van der Waals surface area contributed by atoms with Crippen molar-refractivity contribution in [2.45, 2.75) is 0 Å². The Morgan fingerprint density at radius 2 is 1.88 bits per heavy atom. The molecule has 0 atom stereocenters. The first-order valence-corrected chi connectivity index (χ1v) is 7.63. The van der Waals surface area contributed by atoms with E-state index < -0.39 is 5.82 Å². The summed E-state index contributed by atoms with van der Waals surface area (Å²) in [6.07, 6.45) is 0. The summed E-state index contributed by atoms with van der Waals surface area (Å²) in [5.74, 6) is -0.834. The van der Waals surface area contributed by atoms with Crippen molar-refractivity contribution in [3.8, 4) is 0 Å². The second kappa shape index (κ2) is 5.30. The van der Waals surface area contributed by atoms with Gasteiger partial charge in [-0.25, -0.2) is 4.39 Å². The molecule has 0 unspecified atom stereocenters. The highest BCUT2D eigenvalue weighted by molar-refractivity contribution is 9.13. The second-order valence-electron chi connectivity index (χ2n) is 3.19. The van der Waals surface area contributed by atoms with E-state index in [1.54, 1.807) is 12.1 Å². The van der Waals surface area contributed by atoms with E-state index in [-0.39, 0.29) is 11.3 Å². The standard InChI is InChI=1S/C11H4Br3FOS/c12-5-1-2-8(15)6(3-5)10(16)9-4-7(13)11(14)17-9/h1-4H. The van der Waals surface area contributed by atoms with Gasteiger partial charge in [-0.2, -0.15) is 0 Å². The number of carbonyl (C=O) groups is 1. The average Bonchev–Trinajstić information content (AvgIpc) is 2.62. The predicted octanol–water partition coefficient (Wildman–Crippen LogP) is 5.41. The normalized spacial score (nSPS) is 10.6. The Morgan fingerprint density at radius 3 is 2.47 bits per heavy atom. The third kappa shape index (κ3) is 2.86. The summed E-state index contributed by atoms with van der Waals surface area (Å²) in [5, 5.41) is 0. The van der Waals surface area contributed by atoms with E-state index >= 15 is 0 Å². The van der Waals surface area contributed by atoms with Gasteiger partial charge in [0.05, 0.1) is 14.2 Å². The lowest BCUT2D eigenvalue weighted by atomic mass is 10.1. The number of thiophene rings is 1. The molecule has 6 heteroatoms. The largest absolute Gasteiger partial charge is 0.288 e. The Hall–Kier alpha value is -0.0400. The molecule has 1 aromatic heterocycles. The number of halogens is 4. The molecule has 2 aromatic rings. The van der Waals surface area contributed by atoms with Crippen LogP contribution in [0.3, 0.4) is 0 Å². The molecule has 0 aliphatic carbocycles. The molecule has 0 N–H and O–H groups in total. The van der Waals surface area contributed by atoms with Gasteiger partial charge in [0.15, 0.2) is 0 Å². The number of carbonyl (C=O) groups excluding carboxylic acids is 1. The van der Waals surface area contributed by atoms with Crippen molar-refractivity contribution in [2.24, 2.45) is 0 Å². The summed E-state index contributed by atoms with van der Waals surface area (Å²) in [4.78, 5) is 12.6. The predicted molar refractivity (Wildman–Crippen MR) is 77.3 cm³/mol. The molecule has 17 heavy (non-hydrogen) atoms. The van der Waals surface area contributed by atoms with Crippen LogP contribution < -0.4 is 0 Å². The Bertz CT molecular complexity index is 575. The number of rotatable bonds is 2. The van der Waals surface area contributed by atoms with Gasteiger partial charge in [0.2, 0.25) is 5.78 Å². The van der Waals surface area contributed by atoms with Gasteiger partial charge in [-0.15, -0.1) is 11.3 Å². The van der Waals surface area contributed by atoms with Crippen molar-refractivity contribution >= 4 is 64.9 Å². The molecule has 2 rings (SSSR count). The molecule has 0 radical (unpaired) electrons. The zero-order valence-corrected chi connectivity index (χ0v) is 13.7. The van der Waals surface area contributed by atoms with E-state index in [2.05, 4.69) is 47.8 Å². The number of benzene rings is 1. The molecule has 0 bridgehead atoms. The van der Waals surface area contributed by atoms with Crippen LogP contribution in [0.1, 0.15) is 15.2 Å². The monoisotopic (exact) mass is 440 g/mol. The minimum Gasteiger partial charge on any atom is -0.288 e. The zero-order chi connectivity index (χ0) is 12.6. The van der Waals surface area contributed by atoms with Crippen LogP contribution in [0.5, 0.6) is 0 Å². The number of hydrogen-bond acceptors (Lipinski definition) is 2. The van der Waals surface area contributed by atoms with Crippen LogP contribution in [-0.2, 0) is 0 Å². The quantitative estimate of drug-likeness (QED) is 0.569. The molecule has 0 aliphatic heterocycles. The lowest BCUT2D eigenvalue weighted by Gasteiger charge is -2.00. The van der Waals surface area contributed by atoms with Gasteiger partial charge in [0.25, 0.3) is 0 Å². The first-order chi connectivity index (χ1) is 7.99. The smallest absolute Gasteiger partial charge is 0.206 e. The highest BCUT2D eigenvalue weighted by Crippen LogP contribution is 2.34. The molecule has 0 amide bonds. The summed E-state index contributed by atoms with van der Waals surface area (Å²) in [5.41, 5.74) is 0.0700. The van der Waals surface area contributed by atoms with Gasteiger partial charge in [-0.05, 0) is 56.1 Å². The van der Waals surface area contributed by atoms with Crippen molar-refractivity contribution < 1.29 is 9.18 Å². The summed E-state index contributed by atoms with van der Waals surface area (Å²) in [6.45, 7) is 0. The minimum atomic E-state index is -0.515. The van der Waals surface area contributed by atoms with Crippen LogP contribution in [0.4, 0.5) is 4.39 Å². The van der Waals surface area contributed by atoms with Crippen LogP contribution in [-0.4, -0.2) is 5.78 Å². The summed E-state index contributed by atoms with van der Waals surface area (Å²) in [6, 6.07) is 6.00. The Morgan fingerprint density at radius 1 is 1.18 bits per heavy atom. The van der Waals surface area contributed by atoms with E-state index in [4.69, 9.17) is 0 Å². The van der Waals surface area contributed by atoms with Gasteiger partial charge in [-0.1, -0.05) is 15.9 Å². The number of ketones is 1. The van der Waals surface area contributed by atoms with Crippen molar-refractivity contribution in [1.29, 1.82) is 0 Å². The van der Waals surface area contributed by atoms with Crippen molar-refractivity contribution in [2.75, 3.05) is 0 Å². The highest BCUT2D eigenvalue weighted by atomic mass is 79.9. The highest BCUT2D eigenvalue weighted by Gasteiger charge is 2.17. The second-order valence-corrected chi connectivity index (χ2v) is 7.33. The average molecular weight is 443 g/mol. The summed E-state index contributed by atoms with van der Waals surface area (Å²) < 4.78 is 15.8. The molecule has 0 aliphatic rings. The molecule has 1 aromatic carbocycles. The van der Waals surface area contributed by atoms with Gasteiger partial charge in [0.1, 0.15) is 5.82 Å². The van der Waals surface area contributed by atoms with E-state index in [0.717, 1.165) is 8.26 Å². The molecular formula is C11H4Br3FOS. The van der Waals surface area contributed by atoms with Crippen molar-refractivity contribution in [1.82, 2.24) is 0 Å². The fraction of sp³-hybridized carbons (Fsp3) is 0. The maximum atomic E-state index is 13.6. The van der Waals surface area contributed by atoms with Crippen LogP contribution >= 0.6 is 59.1 Å². The van der Waals surface area contributed by atoms with Crippen LogP contribution in [0, 0.1) is 5.82 Å². The third-order valence-electron chi connectivity index (χ3n) is 2.04. The van der Waals surface area contributed by atoms with Crippen LogP contribution in [0.15, 0.2) is 37.0 Å². The molecule has 88 valence electrons. The minimum absolute atomic E-state index is 0.0700. The van der Waals surface area contributed by atoms with E-state index in [9.17, 15) is 9.18 Å². The number of hydrogen-bond donors (Lipinski definition) is 0. The van der Waals surface area contributed by atoms with Gasteiger partial charge < -0.3 is 0 Å². The van der Waals surface area contributed by atoms with Crippen molar-refractivity contribution in [3.63, 3.8) is 0 Å². The molecule has 1 heterocycles. The van der Waals surface area contributed by atoms with Crippen molar-refractivity contribution in [3.05, 3.63) is 53.3 Å². The summed E-state index contributed by atoms with van der Waals surface area (Å²) >= 11 is 11.1.